The van der Waals surface area contributed by atoms with Gasteiger partial charge in [0.15, 0.2) is 0 Å². The predicted molar refractivity (Wildman–Crippen MR) is 73.5 cm³/mol. The molecule has 2 aromatic rings. The third kappa shape index (κ3) is 2.24. The number of fused-ring (bicyclic) bond motifs is 1. The molecule has 4 nitrogen and oxygen atoms in total. The highest BCUT2D eigenvalue weighted by atomic mass is 31.2. The molecule has 0 aliphatic rings. The van der Waals surface area contributed by atoms with Crippen LogP contribution in [0.5, 0.6) is 0 Å². The van der Waals surface area contributed by atoms with E-state index in [1.165, 1.54) is 0 Å². The minimum absolute atomic E-state index is 0.353. The van der Waals surface area contributed by atoms with Crippen LogP contribution < -0.4 is 5.44 Å². The van der Waals surface area contributed by atoms with Crippen LogP contribution in [-0.2, 0) is 13.6 Å². The van der Waals surface area contributed by atoms with Gasteiger partial charge in [-0.1, -0.05) is 18.2 Å². The number of hydrogen-bond donors (Lipinski definition) is 1. The fraction of sp³-hybridized carbons (Fsp3) is 0.385. The molecule has 0 aliphatic carbocycles. The average Bonchev–Trinajstić information content (AvgIpc) is 2.69. The van der Waals surface area contributed by atoms with E-state index in [-0.39, 0.29) is 0 Å². The Hall–Kier alpha value is -1.09. The number of H-pyrrole nitrogens is 1. The van der Waals surface area contributed by atoms with Crippen LogP contribution in [-0.4, -0.2) is 18.2 Å². The molecule has 1 aromatic carbocycles. The maximum absolute atomic E-state index is 12.7. The second-order valence-electron chi connectivity index (χ2n) is 3.98. The van der Waals surface area contributed by atoms with Gasteiger partial charge < -0.3 is 14.0 Å². The monoisotopic (exact) mass is 267 g/mol. The standard InChI is InChI=1S/C13H18NO3P/c1-4-16-18(15,17-5-2)13-10(3)11-8-6-7-9-12(11)14-13/h6-9,14H,4-5H2,1-3H3. The Morgan fingerprint density at radius 3 is 2.33 bits per heavy atom. The van der Waals surface area contributed by atoms with Crippen LogP contribution in [0, 0.1) is 6.92 Å². The number of hydrogen-bond acceptors (Lipinski definition) is 3. The highest BCUT2D eigenvalue weighted by Crippen LogP contribution is 2.48. The van der Waals surface area contributed by atoms with Crippen molar-refractivity contribution in [2.75, 3.05) is 13.2 Å². The van der Waals surface area contributed by atoms with E-state index in [1.54, 1.807) is 0 Å². The van der Waals surface area contributed by atoms with E-state index in [9.17, 15) is 4.57 Å². The van der Waals surface area contributed by atoms with E-state index in [0.29, 0.717) is 18.6 Å². The lowest BCUT2D eigenvalue weighted by molar-refractivity contribution is 0.229. The van der Waals surface area contributed by atoms with Crippen molar-refractivity contribution in [3.05, 3.63) is 29.8 Å². The molecule has 1 aromatic heterocycles. The minimum Gasteiger partial charge on any atom is -0.348 e. The summed E-state index contributed by atoms with van der Waals surface area (Å²) in [6.07, 6.45) is 0. The Labute approximate surface area is 107 Å². The number of aromatic nitrogens is 1. The summed E-state index contributed by atoms with van der Waals surface area (Å²) < 4.78 is 23.5. The van der Waals surface area contributed by atoms with Gasteiger partial charge in [0.2, 0.25) is 0 Å². The Bertz CT molecular complexity index is 581. The van der Waals surface area contributed by atoms with Crippen molar-refractivity contribution in [3.8, 4) is 0 Å². The number of para-hydroxylation sites is 1. The van der Waals surface area contributed by atoms with Crippen molar-refractivity contribution in [1.29, 1.82) is 0 Å². The van der Waals surface area contributed by atoms with Gasteiger partial charge in [-0.3, -0.25) is 4.57 Å². The van der Waals surface area contributed by atoms with Gasteiger partial charge in [-0.05, 0) is 32.4 Å². The van der Waals surface area contributed by atoms with Crippen LogP contribution in [0.25, 0.3) is 10.9 Å². The molecule has 98 valence electrons. The van der Waals surface area contributed by atoms with Crippen LogP contribution in [0.3, 0.4) is 0 Å². The smallest absolute Gasteiger partial charge is 0.348 e. The van der Waals surface area contributed by atoms with Crippen molar-refractivity contribution in [3.63, 3.8) is 0 Å². The summed E-state index contributed by atoms with van der Waals surface area (Å²) in [6, 6.07) is 7.84. The van der Waals surface area contributed by atoms with Gasteiger partial charge in [0.25, 0.3) is 0 Å². The second-order valence-corrected chi connectivity index (χ2v) is 5.94. The fourth-order valence-electron chi connectivity index (χ4n) is 2.05. The Morgan fingerprint density at radius 2 is 1.78 bits per heavy atom. The lowest BCUT2D eigenvalue weighted by atomic mass is 10.2. The molecule has 1 N–H and O–H groups in total. The molecule has 0 spiro atoms. The van der Waals surface area contributed by atoms with Crippen molar-refractivity contribution in [2.45, 2.75) is 20.8 Å². The maximum atomic E-state index is 12.7. The van der Waals surface area contributed by atoms with Crippen LogP contribution in [0.2, 0.25) is 0 Å². The number of aryl methyl sites for hydroxylation is 1. The molecule has 0 aliphatic heterocycles. The molecular formula is C13H18NO3P. The summed E-state index contributed by atoms with van der Waals surface area (Å²) in [7, 11) is -3.24. The van der Waals surface area contributed by atoms with Gasteiger partial charge in [0.1, 0.15) is 5.44 Å². The molecule has 0 bridgehead atoms. The Morgan fingerprint density at radius 1 is 1.17 bits per heavy atom. The highest BCUT2D eigenvalue weighted by molar-refractivity contribution is 7.62. The van der Waals surface area contributed by atoms with E-state index in [1.807, 2.05) is 45.0 Å². The summed E-state index contributed by atoms with van der Waals surface area (Å²) >= 11 is 0. The van der Waals surface area contributed by atoms with Gasteiger partial charge in [-0.15, -0.1) is 0 Å². The van der Waals surface area contributed by atoms with E-state index >= 15 is 0 Å². The van der Waals surface area contributed by atoms with E-state index in [0.717, 1.165) is 16.5 Å². The lowest BCUT2D eigenvalue weighted by Gasteiger charge is -2.16. The van der Waals surface area contributed by atoms with Crippen molar-refractivity contribution >= 4 is 23.9 Å². The molecular weight excluding hydrogens is 249 g/mol. The predicted octanol–water partition coefficient (Wildman–Crippen LogP) is 3.37. The van der Waals surface area contributed by atoms with E-state index in [2.05, 4.69) is 4.98 Å². The topological polar surface area (TPSA) is 51.3 Å². The molecule has 0 radical (unpaired) electrons. The molecule has 1 heterocycles. The van der Waals surface area contributed by atoms with Crippen LogP contribution in [0.15, 0.2) is 24.3 Å². The summed E-state index contributed by atoms with van der Waals surface area (Å²) in [5.74, 6) is 0. The fourth-order valence-corrected chi connectivity index (χ4v) is 3.85. The van der Waals surface area contributed by atoms with Gasteiger partial charge in [0, 0.05) is 10.9 Å². The molecule has 0 atom stereocenters. The second kappa shape index (κ2) is 5.27. The molecule has 18 heavy (non-hydrogen) atoms. The van der Waals surface area contributed by atoms with Crippen molar-refractivity contribution < 1.29 is 13.6 Å². The summed E-state index contributed by atoms with van der Waals surface area (Å²) in [5.41, 5.74) is 2.44. The number of nitrogens with one attached hydrogen (secondary N) is 1. The molecule has 0 unspecified atom stereocenters. The Balaban J connectivity index is 2.57. The molecule has 0 saturated carbocycles. The van der Waals surface area contributed by atoms with E-state index < -0.39 is 7.60 Å². The van der Waals surface area contributed by atoms with E-state index in [4.69, 9.17) is 9.05 Å². The highest BCUT2D eigenvalue weighted by Gasteiger charge is 2.31. The zero-order chi connectivity index (χ0) is 13.2. The van der Waals surface area contributed by atoms with Crippen molar-refractivity contribution in [2.24, 2.45) is 0 Å². The number of benzene rings is 1. The molecule has 0 amide bonds. The van der Waals surface area contributed by atoms with Gasteiger partial charge >= 0.3 is 7.60 Å². The minimum atomic E-state index is -3.24. The third-order valence-electron chi connectivity index (χ3n) is 2.81. The molecule has 2 rings (SSSR count). The van der Waals surface area contributed by atoms with Crippen LogP contribution in [0.4, 0.5) is 0 Å². The van der Waals surface area contributed by atoms with Crippen LogP contribution in [0.1, 0.15) is 19.4 Å². The first kappa shape index (κ1) is 13.3. The average molecular weight is 267 g/mol. The molecule has 0 saturated heterocycles. The summed E-state index contributed by atoms with van der Waals surface area (Å²) in [5, 5.41) is 1.05. The summed E-state index contributed by atoms with van der Waals surface area (Å²) in [4.78, 5) is 3.16. The largest absolute Gasteiger partial charge is 0.377 e. The summed E-state index contributed by atoms with van der Waals surface area (Å²) in [6.45, 7) is 6.25. The van der Waals surface area contributed by atoms with Gasteiger partial charge in [0.05, 0.1) is 13.2 Å². The number of rotatable bonds is 5. The lowest BCUT2D eigenvalue weighted by Crippen LogP contribution is -2.14. The third-order valence-corrected chi connectivity index (χ3v) is 5.00. The van der Waals surface area contributed by atoms with Gasteiger partial charge in [-0.25, -0.2) is 0 Å². The normalized spacial score (nSPS) is 12.2. The first-order valence-electron chi connectivity index (χ1n) is 6.09. The molecule has 5 heteroatoms. The maximum Gasteiger partial charge on any atom is 0.377 e. The SMILES string of the molecule is CCOP(=O)(OCC)c1[nH]c2ccccc2c1C. The number of aromatic amines is 1. The molecule has 0 fully saturated rings. The van der Waals surface area contributed by atoms with Gasteiger partial charge in [-0.2, -0.15) is 0 Å². The first-order chi connectivity index (χ1) is 8.62. The Kier molecular flexibility index (Phi) is 3.91. The van der Waals surface area contributed by atoms with Crippen molar-refractivity contribution in [1.82, 2.24) is 4.98 Å². The quantitative estimate of drug-likeness (QED) is 0.845. The first-order valence-corrected chi connectivity index (χ1v) is 7.63. The zero-order valence-corrected chi connectivity index (χ0v) is 11.8. The zero-order valence-electron chi connectivity index (χ0n) is 10.9. The van der Waals surface area contributed by atoms with Crippen LogP contribution >= 0.6 is 7.60 Å².